The Bertz CT molecular complexity index is 1100. The first-order chi connectivity index (χ1) is 13.6. The Balaban J connectivity index is 2.01. The van der Waals surface area contributed by atoms with E-state index in [4.69, 9.17) is 14.7 Å². The van der Waals surface area contributed by atoms with E-state index in [2.05, 4.69) is 15.5 Å². The van der Waals surface area contributed by atoms with Crippen LogP contribution in [0.15, 0.2) is 30.3 Å². The van der Waals surface area contributed by atoms with Crippen LogP contribution in [-0.4, -0.2) is 36.9 Å². The molecule has 2 N–H and O–H groups in total. The van der Waals surface area contributed by atoms with Crippen LogP contribution in [0, 0.1) is 17.1 Å². The minimum Gasteiger partial charge on any atom is -0.495 e. The predicted molar refractivity (Wildman–Crippen MR) is 102 cm³/mol. The molecule has 0 spiro atoms. The first-order valence-corrected chi connectivity index (χ1v) is 8.31. The highest BCUT2D eigenvalue weighted by molar-refractivity contribution is 6.05. The molecule has 2 aromatic carbocycles. The molecular weight excluding hydrogens is 363 g/mol. The highest BCUT2D eigenvalue weighted by Crippen LogP contribution is 2.32. The van der Waals surface area contributed by atoms with Gasteiger partial charge < -0.3 is 14.8 Å². The van der Waals surface area contributed by atoms with Crippen LogP contribution >= 0.6 is 0 Å². The molecule has 1 heterocycles. The third-order valence-corrected chi connectivity index (χ3v) is 4.10. The van der Waals surface area contributed by atoms with Gasteiger partial charge in [-0.2, -0.15) is 10.4 Å². The maximum absolute atomic E-state index is 13.9. The molecule has 1 aromatic heterocycles. The quantitative estimate of drug-likeness (QED) is 0.640. The molecule has 7 nitrogen and oxygen atoms in total. The fourth-order valence-corrected chi connectivity index (χ4v) is 2.79. The number of nitrogens with zero attached hydrogens (tertiary/aromatic N) is 2. The van der Waals surface area contributed by atoms with Crippen LogP contribution in [0.2, 0.25) is 0 Å². The zero-order valence-corrected chi connectivity index (χ0v) is 15.2. The van der Waals surface area contributed by atoms with Crippen molar-refractivity contribution in [3.8, 4) is 17.6 Å². The Morgan fingerprint density at radius 1 is 1.29 bits per heavy atom. The molecule has 0 fully saturated rings. The van der Waals surface area contributed by atoms with Gasteiger partial charge >= 0.3 is 0 Å². The van der Waals surface area contributed by atoms with E-state index in [0.29, 0.717) is 27.9 Å². The SMILES string of the molecule is COc1ccc(/C=C/c2n[nH]c3ccc(C(=O)NCC#N)c(OC)c23)cc1F. The van der Waals surface area contributed by atoms with Crippen molar-refractivity contribution in [3.63, 3.8) is 0 Å². The summed E-state index contributed by atoms with van der Waals surface area (Å²) in [6.07, 6.45) is 3.39. The minimum absolute atomic E-state index is 0.110. The van der Waals surface area contributed by atoms with Crippen molar-refractivity contribution in [1.82, 2.24) is 15.5 Å². The average molecular weight is 380 g/mol. The van der Waals surface area contributed by atoms with E-state index < -0.39 is 11.7 Å². The number of hydrogen-bond acceptors (Lipinski definition) is 5. The first-order valence-electron chi connectivity index (χ1n) is 8.31. The van der Waals surface area contributed by atoms with E-state index in [9.17, 15) is 9.18 Å². The molecular formula is C20H17FN4O3. The second-order valence-electron chi connectivity index (χ2n) is 5.75. The van der Waals surface area contributed by atoms with Crippen LogP contribution in [0.25, 0.3) is 23.1 Å². The van der Waals surface area contributed by atoms with Crippen molar-refractivity contribution in [2.45, 2.75) is 0 Å². The fourth-order valence-electron chi connectivity index (χ4n) is 2.79. The van der Waals surface area contributed by atoms with Crippen LogP contribution in [0.1, 0.15) is 21.6 Å². The number of H-pyrrole nitrogens is 1. The van der Waals surface area contributed by atoms with Crippen molar-refractivity contribution in [3.05, 3.63) is 53.0 Å². The lowest BCUT2D eigenvalue weighted by atomic mass is 10.1. The lowest BCUT2D eigenvalue weighted by molar-refractivity contribution is 0.0955. The molecule has 8 heteroatoms. The molecule has 0 atom stereocenters. The van der Waals surface area contributed by atoms with Crippen molar-refractivity contribution < 1.29 is 18.7 Å². The number of aromatic amines is 1. The lowest BCUT2D eigenvalue weighted by Gasteiger charge is -2.09. The van der Waals surface area contributed by atoms with Gasteiger partial charge in [0, 0.05) is 0 Å². The van der Waals surface area contributed by atoms with Crippen molar-refractivity contribution in [2.24, 2.45) is 0 Å². The molecule has 0 aliphatic heterocycles. The van der Waals surface area contributed by atoms with Crippen LogP contribution in [-0.2, 0) is 0 Å². The number of halogens is 1. The number of carbonyl (C=O) groups is 1. The van der Waals surface area contributed by atoms with E-state index >= 15 is 0 Å². The summed E-state index contributed by atoms with van der Waals surface area (Å²) in [5.74, 6) is -0.390. The molecule has 3 aromatic rings. The van der Waals surface area contributed by atoms with Gasteiger partial charge in [0.25, 0.3) is 5.91 Å². The number of nitriles is 1. The summed E-state index contributed by atoms with van der Waals surface area (Å²) in [5.41, 5.74) is 2.11. The van der Waals surface area contributed by atoms with Crippen molar-refractivity contribution in [1.29, 1.82) is 5.26 Å². The summed E-state index contributed by atoms with van der Waals surface area (Å²) in [6.45, 7) is -0.110. The number of nitrogens with one attached hydrogen (secondary N) is 2. The Kier molecular flexibility index (Phi) is 5.56. The molecule has 0 unspecified atom stereocenters. The van der Waals surface area contributed by atoms with Gasteiger partial charge in [0.2, 0.25) is 0 Å². The first kappa shape index (κ1) is 18.9. The zero-order valence-electron chi connectivity index (χ0n) is 15.2. The number of methoxy groups -OCH3 is 2. The highest BCUT2D eigenvalue weighted by Gasteiger charge is 2.18. The lowest BCUT2D eigenvalue weighted by Crippen LogP contribution is -2.24. The maximum atomic E-state index is 13.9. The third-order valence-electron chi connectivity index (χ3n) is 4.10. The van der Waals surface area contributed by atoms with E-state index in [1.54, 1.807) is 30.4 Å². The molecule has 0 aliphatic rings. The standard InChI is InChI=1S/C20H17FN4O3/c1-27-17-8-4-12(11-14(17)21)3-6-15-18-16(25-24-15)7-5-13(19(18)28-2)20(26)23-10-9-22/h3-8,11H,10H2,1-2H3,(H,23,26)(H,24,25)/b6-3+. The fraction of sp³-hybridized carbons (Fsp3) is 0.150. The van der Waals surface area contributed by atoms with E-state index in [1.807, 2.05) is 6.07 Å². The number of ether oxygens (including phenoxy) is 2. The van der Waals surface area contributed by atoms with Gasteiger partial charge in [-0.15, -0.1) is 0 Å². The predicted octanol–water partition coefficient (Wildman–Crippen LogP) is 3.14. The normalized spacial score (nSPS) is 10.8. The van der Waals surface area contributed by atoms with E-state index in [1.165, 1.54) is 26.4 Å². The summed E-state index contributed by atoms with van der Waals surface area (Å²) in [4.78, 5) is 12.3. The largest absolute Gasteiger partial charge is 0.495 e. The van der Waals surface area contributed by atoms with Crippen LogP contribution in [0.4, 0.5) is 4.39 Å². The van der Waals surface area contributed by atoms with Crippen LogP contribution in [0.3, 0.4) is 0 Å². The Labute approximate surface area is 160 Å². The molecule has 3 rings (SSSR count). The number of fused-ring (bicyclic) bond motifs is 1. The number of carbonyl (C=O) groups excluding carboxylic acids is 1. The number of amides is 1. The van der Waals surface area contributed by atoms with Crippen LogP contribution < -0.4 is 14.8 Å². The minimum atomic E-state index is -0.467. The van der Waals surface area contributed by atoms with Gasteiger partial charge in [-0.1, -0.05) is 12.1 Å². The molecule has 0 aliphatic carbocycles. The monoisotopic (exact) mass is 380 g/mol. The third kappa shape index (κ3) is 3.64. The Morgan fingerprint density at radius 2 is 2.11 bits per heavy atom. The average Bonchev–Trinajstić information content (AvgIpc) is 3.13. The van der Waals surface area contributed by atoms with E-state index in [0.717, 1.165) is 0 Å². The molecule has 1 amide bonds. The summed E-state index contributed by atoms with van der Waals surface area (Å²) in [6, 6.07) is 9.76. The summed E-state index contributed by atoms with van der Waals surface area (Å²) in [7, 11) is 2.86. The summed E-state index contributed by atoms with van der Waals surface area (Å²) < 4.78 is 24.2. The number of hydrogen-bond donors (Lipinski definition) is 2. The van der Waals surface area contributed by atoms with Gasteiger partial charge in [-0.3, -0.25) is 9.89 Å². The van der Waals surface area contributed by atoms with Gasteiger partial charge in [-0.05, 0) is 35.9 Å². The smallest absolute Gasteiger partial charge is 0.255 e. The number of aromatic nitrogens is 2. The number of rotatable bonds is 6. The van der Waals surface area contributed by atoms with Gasteiger partial charge in [0.15, 0.2) is 11.6 Å². The molecule has 0 radical (unpaired) electrons. The molecule has 142 valence electrons. The van der Waals surface area contributed by atoms with Crippen molar-refractivity contribution in [2.75, 3.05) is 20.8 Å². The topological polar surface area (TPSA) is 100 Å². The van der Waals surface area contributed by atoms with Gasteiger partial charge in [0.05, 0.1) is 42.4 Å². The summed E-state index contributed by atoms with van der Waals surface area (Å²) in [5, 5.41) is 18.9. The zero-order chi connectivity index (χ0) is 20.1. The Hall–Kier alpha value is -3.86. The second-order valence-corrected chi connectivity index (χ2v) is 5.75. The van der Waals surface area contributed by atoms with Crippen LogP contribution in [0.5, 0.6) is 11.5 Å². The molecule has 0 saturated carbocycles. The summed E-state index contributed by atoms with van der Waals surface area (Å²) >= 11 is 0. The Morgan fingerprint density at radius 3 is 2.79 bits per heavy atom. The van der Waals surface area contributed by atoms with Gasteiger partial charge in [0.1, 0.15) is 12.3 Å². The second kappa shape index (κ2) is 8.22. The van der Waals surface area contributed by atoms with Crippen molar-refractivity contribution >= 4 is 29.0 Å². The van der Waals surface area contributed by atoms with Gasteiger partial charge in [-0.25, -0.2) is 4.39 Å². The molecule has 0 saturated heterocycles. The molecule has 28 heavy (non-hydrogen) atoms. The highest BCUT2D eigenvalue weighted by atomic mass is 19.1. The number of benzene rings is 2. The maximum Gasteiger partial charge on any atom is 0.255 e. The van der Waals surface area contributed by atoms with E-state index in [-0.39, 0.29) is 17.9 Å². The molecule has 0 bridgehead atoms.